The Bertz CT molecular complexity index is 928. The van der Waals surface area contributed by atoms with Crippen LogP contribution in [0.15, 0.2) is 24.4 Å². The van der Waals surface area contributed by atoms with Crippen molar-refractivity contribution in [1.82, 2.24) is 15.6 Å². The largest absolute Gasteiger partial charge is 0.328 e. The molecule has 7 heteroatoms. The van der Waals surface area contributed by atoms with Gasteiger partial charge in [0.2, 0.25) is 5.91 Å². The fraction of sp³-hybridized carbons (Fsp3) is 0.450. The van der Waals surface area contributed by atoms with Crippen LogP contribution in [0.4, 0.5) is 14.9 Å². The molecule has 2 saturated heterocycles. The van der Waals surface area contributed by atoms with Gasteiger partial charge >= 0.3 is 6.03 Å². The highest BCUT2D eigenvalue weighted by molar-refractivity contribution is 6.06. The number of carbonyl (C=O) groups is 2. The first kappa shape index (κ1) is 17.9. The first-order chi connectivity index (χ1) is 12.9. The molecule has 0 radical (unpaired) electrons. The summed E-state index contributed by atoms with van der Waals surface area (Å²) in [5.74, 6) is -0.454. The predicted molar refractivity (Wildman–Crippen MR) is 101 cm³/mol. The van der Waals surface area contributed by atoms with Crippen molar-refractivity contribution in [2.45, 2.75) is 32.6 Å². The predicted octanol–water partition coefficient (Wildman–Crippen LogP) is 2.92. The molecule has 6 nitrogen and oxygen atoms in total. The highest BCUT2D eigenvalue weighted by atomic mass is 19.1. The van der Waals surface area contributed by atoms with Crippen molar-refractivity contribution in [2.24, 2.45) is 5.41 Å². The average molecular weight is 370 g/mol. The van der Waals surface area contributed by atoms with E-state index in [2.05, 4.69) is 29.5 Å². The maximum Gasteiger partial charge on any atom is 0.328 e. The molecule has 27 heavy (non-hydrogen) atoms. The number of benzene rings is 1. The molecule has 0 saturated carbocycles. The normalized spacial score (nSPS) is 22.8. The molecule has 0 aliphatic carbocycles. The number of amides is 3. The third kappa shape index (κ3) is 3.16. The highest BCUT2D eigenvalue weighted by Crippen LogP contribution is 2.42. The number of hydrogen-bond acceptors (Lipinski definition) is 4. The summed E-state index contributed by atoms with van der Waals surface area (Å²) in [7, 11) is 0. The van der Waals surface area contributed by atoms with Crippen LogP contribution in [0.1, 0.15) is 38.2 Å². The molecule has 1 aromatic heterocycles. The second-order valence-corrected chi connectivity index (χ2v) is 7.99. The maximum absolute atomic E-state index is 15.5. The standard InChI is InChI=1S/C20H23FN4O2/c1-20(2)11-22-7-5-15(20)13-3-4-16-14(18(13)21)9-12(10-23-16)25-8-6-17(26)24-19(25)27/h3-4,9-10,15,22H,5-8,11H2,1-2H3,(H,24,26,27). The molecule has 3 heterocycles. The number of aromatic nitrogens is 1. The third-order valence-electron chi connectivity index (χ3n) is 5.69. The van der Waals surface area contributed by atoms with E-state index in [0.717, 1.165) is 19.5 Å². The van der Waals surface area contributed by atoms with Crippen LogP contribution in [-0.4, -0.2) is 36.6 Å². The molecule has 2 aromatic rings. The number of rotatable bonds is 2. The summed E-state index contributed by atoms with van der Waals surface area (Å²) in [4.78, 5) is 29.2. The molecule has 0 spiro atoms. The number of pyridine rings is 1. The first-order valence-corrected chi connectivity index (χ1v) is 9.27. The van der Waals surface area contributed by atoms with Crippen LogP contribution in [0.3, 0.4) is 0 Å². The lowest BCUT2D eigenvalue weighted by Crippen LogP contribution is -2.49. The van der Waals surface area contributed by atoms with Crippen molar-refractivity contribution in [3.63, 3.8) is 0 Å². The molecule has 1 atom stereocenters. The lowest BCUT2D eigenvalue weighted by Gasteiger charge is -2.39. The van der Waals surface area contributed by atoms with E-state index in [1.165, 1.54) is 4.90 Å². The van der Waals surface area contributed by atoms with Gasteiger partial charge in [-0.3, -0.25) is 20.0 Å². The molecule has 142 valence electrons. The summed E-state index contributed by atoms with van der Waals surface area (Å²) in [5.41, 5.74) is 1.70. The lowest BCUT2D eigenvalue weighted by molar-refractivity contribution is -0.120. The van der Waals surface area contributed by atoms with E-state index in [1.807, 2.05) is 12.1 Å². The maximum atomic E-state index is 15.5. The minimum atomic E-state index is -0.497. The Kier molecular flexibility index (Phi) is 4.34. The molecule has 1 aromatic carbocycles. The van der Waals surface area contributed by atoms with Gasteiger partial charge in [0, 0.05) is 24.9 Å². The van der Waals surface area contributed by atoms with Crippen LogP contribution in [0, 0.1) is 11.2 Å². The second-order valence-electron chi connectivity index (χ2n) is 7.99. The Hall–Kier alpha value is -2.54. The minimum absolute atomic E-state index is 0.0507. The number of piperidine rings is 1. The van der Waals surface area contributed by atoms with Crippen molar-refractivity contribution < 1.29 is 14.0 Å². The number of nitrogens with zero attached hydrogens (tertiary/aromatic N) is 2. The summed E-state index contributed by atoms with van der Waals surface area (Å²) in [6.07, 6.45) is 2.64. The van der Waals surface area contributed by atoms with Crippen molar-refractivity contribution in [2.75, 3.05) is 24.5 Å². The molecule has 3 amide bonds. The van der Waals surface area contributed by atoms with Crippen LogP contribution in [-0.2, 0) is 4.79 Å². The summed E-state index contributed by atoms with van der Waals surface area (Å²) < 4.78 is 15.5. The van der Waals surface area contributed by atoms with E-state index in [1.54, 1.807) is 12.3 Å². The topological polar surface area (TPSA) is 74.3 Å². The second kappa shape index (κ2) is 6.56. The number of nitrogens with one attached hydrogen (secondary N) is 2. The van der Waals surface area contributed by atoms with E-state index in [4.69, 9.17) is 0 Å². The SMILES string of the molecule is CC1(C)CNCCC1c1ccc2ncc(N3CCC(=O)NC3=O)cc2c1F. The molecular formula is C20H23FN4O2. The minimum Gasteiger partial charge on any atom is -0.316 e. The van der Waals surface area contributed by atoms with E-state index in [9.17, 15) is 9.59 Å². The van der Waals surface area contributed by atoms with Crippen LogP contribution in [0.5, 0.6) is 0 Å². The van der Waals surface area contributed by atoms with Gasteiger partial charge in [0.05, 0.1) is 17.4 Å². The Balaban J connectivity index is 1.76. The molecule has 2 fully saturated rings. The average Bonchev–Trinajstić information content (AvgIpc) is 2.62. The Morgan fingerprint density at radius 3 is 2.85 bits per heavy atom. The molecule has 4 rings (SSSR count). The van der Waals surface area contributed by atoms with Gasteiger partial charge in [0.25, 0.3) is 0 Å². The number of fused-ring (bicyclic) bond motifs is 1. The Morgan fingerprint density at radius 2 is 2.11 bits per heavy atom. The summed E-state index contributed by atoms with van der Waals surface area (Å²) in [6, 6.07) is 4.84. The zero-order valence-electron chi connectivity index (χ0n) is 15.5. The third-order valence-corrected chi connectivity index (χ3v) is 5.69. The summed E-state index contributed by atoms with van der Waals surface area (Å²) >= 11 is 0. The first-order valence-electron chi connectivity index (χ1n) is 9.27. The Labute approximate surface area is 157 Å². The smallest absolute Gasteiger partial charge is 0.316 e. The molecule has 2 aliphatic rings. The summed E-state index contributed by atoms with van der Waals surface area (Å²) in [6.45, 7) is 6.27. The molecule has 2 N–H and O–H groups in total. The van der Waals surface area contributed by atoms with Crippen molar-refractivity contribution in [1.29, 1.82) is 0 Å². The van der Waals surface area contributed by atoms with Gasteiger partial charge in [-0.05, 0) is 42.0 Å². The van der Waals surface area contributed by atoms with Crippen molar-refractivity contribution >= 4 is 28.5 Å². The van der Waals surface area contributed by atoms with Crippen LogP contribution < -0.4 is 15.5 Å². The fourth-order valence-corrected chi connectivity index (χ4v) is 4.14. The number of hydrogen-bond donors (Lipinski definition) is 2. The van der Waals surface area contributed by atoms with Gasteiger partial charge in [-0.25, -0.2) is 9.18 Å². The van der Waals surface area contributed by atoms with E-state index in [-0.39, 0.29) is 36.0 Å². The van der Waals surface area contributed by atoms with Gasteiger partial charge in [-0.2, -0.15) is 0 Å². The number of imide groups is 1. The van der Waals surface area contributed by atoms with Gasteiger partial charge in [0.1, 0.15) is 5.82 Å². The monoisotopic (exact) mass is 370 g/mol. The van der Waals surface area contributed by atoms with Gasteiger partial charge in [-0.1, -0.05) is 19.9 Å². The Morgan fingerprint density at radius 1 is 1.30 bits per heavy atom. The van der Waals surface area contributed by atoms with Gasteiger partial charge in [-0.15, -0.1) is 0 Å². The van der Waals surface area contributed by atoms with Gasteiger partial charge in [0.15, 0.2) is 0 Å². The van der Waals surface area contributed by atoms with Crippen LogP contribution >= 0.6 is 0 Å². The highest BCUT2D eigenvalue weighted by Gasteiger charge is 2.35. The van der Waals surface area contributed by atoms with Crippen LogP contribution in [0.25, 0.3) is 10.9 Å². The van der Waals surface area contributed by atoms with Gasteiger partial charge < -0.3 is 5.32 Å². The van der Waals surface area contributed by atoms with E-state index in [0.29, 0.717) is 22.2 Å². The van der Waals surface area contributed by atoms with E-state index >= 15 is 4.39 Å². The van der Waals surface area contributed by atoms with E-state index < -0.39 is 6.03 Å². The number of halogens is 1. The molecule has 2 aliphatic heterocycles. The van der Waals surface area contributed by atoms with Crippen molar-refractivity contribution in [3.8, 4) is 0 Å². The summed E-state index contributed by atoms with van der Waals surface area (Å²) in [5, 5.41) is 6.07. The molecule has 0 bridgehead atoms. The zero-order chi connectivity index (χ0) is 19.2. The number of anilines is 1. The van der Waals surface area contributed by atoms with Crippen molar-refractivity contribution in [3.05, 3.63) is 35.8 Å². The zero-order valence-corrected chi connectivity index (χ0v) is 15.5. The molecule has 1 unspecified atom stereocenters. The number of carbonyl (C=O) groups excluding carboxylic acids is 2. The molecular weight excluding hydrogens is 347 g/mol. The fourth-order valence-electron chi connectivity index (χ4n) is 4.14. The quantitative estimate of drug-likeness (QED) is 0.852. The number of urea groups is 1. The van der Waals surface area contributed by atoms with Crippen LogP contribution in [0.2, 0.25) is 0 Å². The lowest BCUT2D eigenvalue weighted by atomic mass is 9.71.